The van der Waals surface area contributed by atoms with E-state index < -0.39 is 12.1 Å². The highest BCUT2D eigenvalue weighted by molar-refractivity contribution is 5.66. The van der Waals surface area contributed by atoms with Crippen molar-refractivity contribution in [2.45, 2.75) is 83.2 Å². The predicted molar refractivity (Wildman–Crippen MR) is 101 cm³/mol. The molecular weight excluding hydrogens is 332 g/mol. The van der Waals surface area contributed by atoms with Crippen LogP contribution < -0.4 is 0 Å². The van der Waals surface area contributed by atoms with Gasteiger partial charge in [-0.2, -0.15) is 0 Å². The quantitative estimate of drug-likeness (QED) is 0.402. The van der Waals surface area contributed by atoms with Crippen LogP contribution in [0.4, 0.5) is 0 Å². The summed E-state index contributed by atoms with van der Waals surface area (Å²) in [6.07, 6.45) is 15.3. The molecule has 26 heavy (non-hydrogen) atoms. The summed E-state index contributed by atoms with van der Waals surface area (Å²) in [6, 6.07) is 0. The number of allylic oxidation sites excluding steroid dienone is 2. The van der Waals surface area contributed by atoms with Gasteiger partial charge in [0.25, 0.3) is 0 Å². The van der Waals surface area contributed by atoms with E-state index >= 15 is 0 Å². The van der Waals surface area contributed by atoms with Crippen LogP contribution in [0.1, 0.15) is 64.7 Å². The molecule has 0 aliphatic carbocycles. The van der Waals surface area contributed by atoms with Gasteiger partial charge in [0, 0.05) is 12.8 Å². The number of aliphatic hydroxyl groups excluding tert-OH is 1. The summed E-state index contributed by atoms with van der Waals surface area (Å²) < 4.78 is 11.7. The Hall–Kier alpha value is -1.17. The Morgan fingerprint density at radius 1 is 1.27 bits per heavy atom. The van der Waals surface area contributed by atoms with Crippen molar-refractivity contribution >= 4 is 5.97 Å². The van der Waals surface area contributed by atoms with Gasteiger partial charge in [0.05, 0.1) is 18.8 Å². The normalized spacial score (nSPS) is 29.6. The van der Waals surface area contributed by atoms with Crippen LogP contribution in [0.2, 0.25) is 0 Å². The summed E-state index contributed by atoms with van der Waals surface area (Å²) in [6.45, 7) is 2.90. The maximum Gasteiger partial charge on any atom is 0.303 e. The predicted octanol–water partition coefficient (Wildman–Crippen LogP) is 4.06. The molecular formula is C21H34O5. The molecule has 2 fully saturated rings. The van der Waals surface area contributed by atoms with Crippen LogP contribution in [0, 0.1) is 11.8 Å². The fourth-order valence-corrected chi connectivity index (χ4v) is 3.75. The lowest BCUT2D eigenvalue weighted by molar-refractivity contribution is -0.147. The van der Waals surface area contributed by atoms with Crippen molar-refractivity contribution in [1.29, 1.82) is 0 Å². The molecule has 2 rings (SSSR count). The van der Waals surface area contributed by atoms with Gasteiger partial charge in [-0.1, -0.05) is 50.5 Å². The first-order chi connectivity index (χ1) is 12.6. The highest BCUT2D eigenvalue weighted by Gasteiger charge is 2.42. The SMILES string of the molecule is CCCCC[C@@H](O)C=CC1O[C@H]2C[C@H](CO2)[C@@H]1CC=CCCCC(=O)O. The second-order valence-electron chi connectivity index (χ2n) is 7.46. The molecule has 2 bridgehead atoms. The Morgan fingerprint density at radius 3 is 2.88 bits per heavy atom. The topological polar surface area (TPSA) is 76.0 Å². The summed E-state index contributed by atoms with van der Waals surface area (Å²) in [5, 5.41) is 18.8. The van der Waals surface area contributed by atoms with Gasteiger partial charge in [-0.15, -0.1) is 0 Å². The number of hydrogen-bond acceptors (Lipinski definition) is 4. The first kappa shape index (κ1) is 21.1. The molecule has 5 heteroatoms. The van der Waals surface area contributed by atoms with E-state index in [0.29, 0.717) is 18.3 Å². The van der Waals surface area contributed by atoms with Gasteiger partial charge in [0.15, 0.2) is 6.29 Å². The van der Waals surface area contributed by atoms with Crippen molar-refractivity contribution in [3.63, 3.8) is 0 Å². The minimum atomic E-state index is -0.740. The molecule has 0 radical (unpaired) electrons. The van der Waals surface area contributed by atoms with E-state index in [1.54, 1.807) is 0 Å². The maximum atomic E-state index is 10.5. The molecule has 2 saturated heterocycles. The molecule has 2 aliphatic rings. The van der Waals surface area contributed by atoms with Gasteiger partial charge >= 0.3 is 5.97 Å². The number of rotatable bonds is 12. The third-order valence-corrected chi connectivity index (χ3v) is 5.29. The molecule has 148 valence electrons. The summed E-state index contributed by atoms with van der Waals surface area (Å²) in [4.78, 5) is 10.5. The molecule has 0 saturated carbocycles. The van der Waals surface area contributed by atoms with Gasteiger partial charge in [0.2, 0.25) is 0 Å². The number of hydrogen-bond donors (Lipinski definition) is 2. The van der Waals surface area contributed by atoms with E-state index in [4.69, 9.17) is 14.6 Å². The number of carboxylic acids is 1. The molecule has 2 N–H and O–H groups in total. The highest BCUT2D eigenvalue weighted by atomic mass is 16.7. The number of aliphatic carboxylic acids is 1. The Morgan fingerprint density at radius 2 is 2.12 bits per heavy atom. The first-order valence-corrected chi connectivity index (χ1v) is 10.1. The molecule has 0 amide bonds. The maximum absolute atomic E-state index is 10.5. The lowest BCUT2D eigenvalue weighted by Gasteiger charge is -2.33. The number of fused-ring (bicyclic) bond motifs is 2. The van der Waals surface area contributed by atoms with Crippen molar-refractivity contribution in [3.05, 3.63) is 24.3 Å². The van der Waals surface area contributed by atoms with Crippen molar-refractivity contribution in [2.75, 3.05) is 6.61 Å². The molecule has 5 atom stereocenters. The minimum absolute atomic E-state index is 0.0225. The third kappa shape index (κ3) is 7.22. The van der Waals surface area contributed by atoms with Crippen molar-refractivity contribution in [3.8, 4) is 0 Å². The molecule has 0 spiro atoms. The third-order valence-electron chi connectivity index (χ3n) is 5.29. The van der Waals surface area contributed by atoms with Crippen LogP contribution in [-0.2, 0) is 14.3 Å². The number of ether oxygens (including phenoxy) is 2. The van der Waals surface area contributed by atoms with Crippen LogP contribution in [0.5, 0.6) is 0 Å². The van der Waals surface area contributed by atoms with Crippen LogP contribution in [0.3, 0.4) is 0 Å². The Kier molecular flexibility index (Phi) is 9.37. The Bertz CT molecular complexity index is 473. The molecule has 2 aliphatic heterocycles. The van der Waals surface area contributed by atoms with Gasteiger partial charge in [-0.25, -0.2) is 0 Å². The largest absolute Gasteiger partial charge is 0.481 e. The van der Waals surface area contributed by atoms with Crippen molar-refractivity contribution in [1.82, 2.24) is 0 Å². The summed E-state index contributed by atoms with van der Waals surface area (Å²) >= 11 is 0. The van der Waals surface area contributed by atoms with Crippen LogP contribution >= 0.6 is 0 Å². The van der Waals surface area contributed by atoms with E-state index in [0.717, 1.165) is 51.6 Å². The number of carbonyl (C=O) groups is 1. The molecule has 0 aromatic rings. The van der Waals surface area contributed by atoms with Crippen LogP contribution in [0.25, 0.3) is 0 Å². The van der Waals surface area contributed by atoms with E-state index in [9.17, 15) is 9.90 Å². The standard InChI is InChI=1S/C21H34O5/c1-2-3-6-9-17(22)12-13-19-18(16-14-21(26-19)25-15-16)10-7-4-5-8-11-20(23)24/h4,7,12-13,16-19,21-22H,2-3,5-6,8-11,14-15H2,1H3,(H,23,24)/t16-,17-,18+,19?,21+/m1/s1. The zero-order valence-electron chi connectivity index (χ0n) is 15.9. The van der Waals surface area contributed by atoms with Gasteiger partial charge in [-0.3, -0.25) is 4.79 Å². The summed E-state index contributed by atoms with van der Waals surface area (Å²) in [5.41, 5.74) is 0. The minimum Gasteiger partial charge on any atom is -0.481 e. The zero-order valence-corrected chi connectivity index (χ0v) is 15.9. The van der Waals surface area contributed by atoms with E-state index in [1.165, 1.54) is 0 Å². The van der Waals surface area contributed by atoms with Crippen molar-refractivity contribution in [2.24, 2.45) is 11.8 Å². The smallest absolute Gasteiger partial charge is 0.303 e. The lowest BCUT2D eigenvalue weighted by atomic mass is 9.81. The highest BCUT2D eigenvalue weighted by Crippen LogP contribution is 2.39. The summed E-state index contributed by atoms with van der Waals surface area (Å²) in [7, 11) is 0. The zero-order chi connectivity index (χ0) is 18.8. The second-order valence-corrected chi connectivity index (χ2v) is 7.46. The van der Waals surface area contributed by atoms with E-state index in [-0.39, 0.29) is 18.8 Å². The Labute approximate surface area is 157 Å². The fourth-order valence-electron chi connectivity index (χ4n) is 3.75. The van der Waals surface area contributed by atoms with Gasteiger partial charge in [-0.05, 0) is 37.5 Å². The molecule has 1 unspecified atom stereocenters. The average Bonchev–Trinajstić information content (AvgIpc) is 3.00. The van der Waals surface area contributed by atoms with E-state index in [1.807, 2.05) is 12.2 Å². The summed E-state index contributed by atoms with van der Waals surface area (Å²) in [5.74, 6) is 0.101. The molecule has 0 aromatic heterocycles. The molecule has 0 aromatic carbocycles. The molecule has 5 nitrogen and oxygen atoms in total. The average molecular weight is 366 g/mol. The second kappa shape index (κ2) is 11.5. The van der Waals surface area contributed by atoms with Crippen LogP contribution in [0.15, 0.2) is 24.3 Å². The molecule has 2 heterocycles. The Balaban J connectivity index is 1.82. The fraction of sp³-hybridized carbons (Fsp3) is 0.762. The lowest BCUT2D eigenvalue weighted by Crippen LogP contribution is -2.35. The first-order valence-electron chi connectivity index (χ1n) is 10.1. The van der Waals surface area contributed by atoms with Gasteiger partial charge < -0.3 is 19.7 Å². The number of unbranched alkanes of at least 4 members (excludes halogenated alkanes) is 3. The monoisotopic (exact) mass is 366 g/mol. The number of carboxylic acid groups (broad SMARTS) is 1. The van der Waals surface area contributed by atoms with Gasteiger partial charge in [0.1, 0.15) is 0 Å². The van der Waals surface area contributed by atoms with Crippen molar-refractivity contribution < 1.29 is 24.5 Å². The number of aliphatic hydroxyl groups is 1. The van der Waals surface area contributed by atoms with E-state index in [2.05, 4.69) is 19.1 Å². The van der Waals surface area contributed by atoms with Crippen LogP contribution in [-0.4, -0.2) is 41.3 Å².